The summed E-state index contributed by atoms with van der Waals surface area (Å²) in [6.45, 7) is 2.89. The highest BCUT2D eigenvalue weighted by Crippen LogP contribution is 2.43. The van der Waals surface area contributed by atoms with Gasteiger partial charge in [0.1, 0.15) is 23.0 Å². The van der Waals surface area contributed by atoms with Gasteiger partial charge in [0, 0.05) is 19.7 Å². The standard InChI is InChI=1S/C25H28ClNO7/c1-5-10-34-16-8-6-7-15(12-16)22-21(24(29)25(30)27(22)9-11-31-2)23(28)17-13-20(33-4)18(26)14-19(17)32-3/h6-8,12-14,22,28H,5,9-11H2,1-4H3/b23-21+. The summed E-state index contributed by atoms with van der Waals surface area (Å²) in [5.74, 6) is -0.829. The average Bonchev–Trinajstić information content (AvgIpc) is 3.10. The predicted octanol–water partition coefficient (Wildman–Crippen LogP) is 4.21. The number of Topliss-reactive ketones (excluding diaryl/α,β-unsaturated/α-hetero) is 1. The Morgan fingerprint density at radius 1 is 1.06 bits per heavy atom. The van der Waals surface area contributed by atoms with Crippen LogP contribution in [0.4, 0.5) is 0 Å². The molecule has 34 heavy (non-hydrogen) atoms. The second kappa shape index (κ2) is 11.3. The van der Waals surface area contributed by atoms with Crippen LogP contribution in [0.3, 0.4) is 0 Å². The lowest BCUT2D eigenvalue weighted by Gasteiger charge is -2.25. The molecule has 1 aliphatic heterocycles. The van der Waals surface area contributed by atoms with Crippen LogP contribution in [0.5, 0.6) is 17.2 Å². The lowest BCUT2D eigenvalue weighted by molar-refractivity contribution is -0.140. The van der Waals surface area contributed by atoms with Crippen molar-refractivity contribution in [2.24, 2.45) is 0 Å². The van der Waals surface area contributed by atoms with Crippen LogP contribution in [0.25, 0.3) is 5.76 Å². The van der Waals surface area contributed by atoms with Gasteiger partial charge in [0.25, 0.3) is 11.7 Å². The first-order valence-electron chi connectivity index (χ1n) is 10.8. The molecule has 182 valence electrons. The van der Waals surface area contributed by atoms with Crippen LogP contribution in [-0.4, -0.2) is 62.8 Å². The molecular weight excluding hydrogens is 462 g/mol. The van der Waals surface area contributed by atoms with E-state index in [-0.39, 0.29) is 40.8 Å². The molecule has 0 radical (unpaired) electrons. The molecule has 9 heteroatoms. The summed E-state index contributed by atoms with van der Waals surface area (Å²) in [5, 5.41) is 11.6. The zero-order chi connectivity index (χ0) is 24.8. The van der Waals surface area contributed by atoms with Gasteiger partial charge in [-0.05, 0) is 30.2 Å². The molecule has 0 spiro atoms. The fraction of sp³-hybridized carbons (Fsp3) is 0.360. The van der Waals surface area contributed by atoms with Gasteiger partial charge >= 0.3 is 0 Å². The maximum Gasteiger partial charge on any atom is 0.295 e. The summed E-state index contributed by atoms with van der Waals surface area (Å²) in [6, 6.07) is 9.21. The van der Waals surface area contributed by atoms with Crippen LogP contribution in [0.2, 0.25) is 5.02 Å². The van der Waals surface area contributed by atoms with Crippen molar-refractivity contribution in [3.05, 3.63) is 58.1 Å². The van der Waals surface area contributed by atoms with Crippen LogP contribution in [0, 0.1) is 0 Å². The number of ether oxygens (including phenoxy) is 4. The molecule has 8 nitrogen and oxygen atoms in total. The van der Waals surface area contributed by atoms with E-state index < -0.39 is 23.5 Å². The van der Waals surface area contributed by atoms with Crippen molar-refractivity contribution < 1.29 is 33.6 Å². The average molecular weight is 490 g/mol. The van der Waals surface area contributed by atoms with Crippen molar-refractivity contribution in [1.29, 1.82) is 0 Å². The lowest BCUT2D eigenvalue weighted by atomic mass is 9.94. The number of halogens is 1. The highest BCUT2D eigenvalue weighted by Gasteiger charge is 2.46. The second-order valence-electron chi connectivity index (χ2n) is 7.59. The number of aliphatic hydroxyl groups excluding tert-OH is 1. The van der Waals surface area contributed by atoms with Crippen LogP contribution in [0.15, 0.2) is 42.0 Å². The second-order valence-corrected chi connectivity index (χ2v) is 8.00. The zero-order valence-corrected chi connectivity index (χ0v) is 20.3. The Kier molecular flexibility index (Phi) is 8.41. The molecule has 0 bridgehead atoms. The molecule has 1 atom stereocenters. The Morgan fingerprint density at radius 2 is 1.79 bits per heavy atom. The minimum Gasteiger partial charge on any atom is -0.507 e. The SMILES string of the molecule is CCCOc1cccc(C2/C(=C(\O)c3cc(OC)c(Cl)cc3OC)C(=O)C(=O)N2CCOC)c1. The normalized spacial score (nSPS) is 17.2. The first kappa shape index (κ1) is 25.4. The molecule has 1 fully saturated rings. The summed E-state index contributed by atoms with van der Waals surface area (Å²) >= 11 is 6.20. The molecule has 2 aromatic carbocycles. The van der Waals surface area contributed by atoms with E-state index in [1.54, 1.807) is 24.3 Å². The molecule has 1 amide bonds. The van der Waals surface area contributed by atoms with Crippen molar-refractivity contribution in [2.45, 2.75) is 19.4 Å². The number of carbonyl (C=O) groups excluding carboxylic acids is 2. The number of methoxy groups -OCH3 is 3. The Hall–Kier alpha value is -3.23. The van der Waals surface area contributed by atoms with Crippen LogP contribution < -0.4 is 14.2 Å². The Labute approximate surface area is 203 Å². The highest BCUT2D eigenvalue weighted by atomic mass is 35.5. The smallest absolute Gasteiger partial charge is 0.295 e. The number of ketones is 1. The molecular formula is C25H28ClNO7. The van der Waals surface area contributed by atoms with E-state index in [0.717, 1.165) is 6.42 Å². The number of hydrogen-bond acceptors (Lipinski definition) is 7. The molecule has 1 aliphatic rings. The van der Waals surface area contributed by atoms with Crippen molar-refractivity contribution in [1.82, 2.24) is 4.90 Å². The van der Waals surface area contributed by atoms with Crippen LogP contribution in [-0.2, 0) is 14.3 Å². The molecule has 0 aliphatic carbocycles. The van der Waals surface area contributed by atoms with E-state index in [4.69, 9.17) is 30.5 Å². The van der Waals surface area contributed by atoms with Gasteiger partial charge in [-0.2, -0.15) is 0 Å². The van der Waals surface area contributed by atoms with Crippen LogP contribution in [0.1, 0.15) is 30.5 Å². The number of aliphatic hydroxyl groups is 1. The maximum atomic E-state index is 13.2. The van der Waals surface area contributed by atoms with Gasteiger partial charge < -0.3 is 29.0 Å². The van der Waals surface area contributed by atoms with Crippen molar-refractivity contribution >= 4 is 29.1 Å². The number of nitrogens with zero attached hydrogens (tertiary/aromatic N) is 1. The molecule has 3 rings (SSSR count). The number of rotatable bonds is 10. The zero-order valence-electron chi connectivity index (χ0n) is 19.6. The molecule has 0 saturated carbocycles. The van der Waals surface area contributed by atoms with Crippen LogP contribution >= 0.6 is 11.6 Å². The first-order chi connectivity index (χ1) is 16.4. The topological polar surface area (TPSA) is 94.5 Å². The van der Waals surface area contributed by atoms with E-state index in [0.29, 0.717) is 17.9 Å². The molecule has 1 N–H and O–H groups in total. The van der Waals surface area contributed by atoms with Gasteiger partial charge in [-0.1, -0.05) is 30.7 Å². The molecule has 1 unspecified atom stereocenters. The molecule has 0 aromatic heterocycles. The monoisotopic (exact) mass is 489 g/mol. The van der Waals surface area contributed by atoms with E-state index in [9.17, 15) is 14.7 Å². The summed E-state index contributed by atoms with van der Waals surface area (Å²) in [6.07, 6.45) is 0.828. The highest BCUT2D eigenvalue weighted by molar-refractivity contribution is 6.46. The van der Waals surface area contributed by atoms with E-state index in [2.05, 4.69) is 0 Å². The number of amides is 1. The Bertz CT molecular complexity index is 1100. The van der Waals surface area contributed by atoms with E-state index in [1.165, 1.54) is 38.4 Å². The quantitative estimate of drug-likeness (QED) is 0.303. The third-order valence-electron chi connectivity index (χ3n) is 5.45. The molecule has 1 saturated heterocycles. The fourth-order valence-corrected chi connectivity index (χ4v) is 4.06. The predicted molar refractivity (Wildman–Crippen MR) is 128 cm³/mol. The lowest BCUT2D eigenvalue weighted by Crippen LogP contribution is -2.32. The Morgan fingerprint density at radius 3 is 2.44 bits per heavy atom. The van der Waals surface area contributed by atoms with E-state index >= 15 is 0 Å². The van der Waals surface area contributed by atoms with Crippen molar-refractivity contribution in [2.75, 3.05) is 41.1 Å². The van der Waals surface area contributed by atoms with Gasteiger partial charge in [0.15, 0.2) is 0 Å². The largest absolute Gasteiger partial charge is 0.507 e. The van der Waals surface area contributed by atoms with E-state index in [1.807, 2.05) is 6.92 Å². The maximum absolute atomic E-state index is 13.2. The number of likely N-dealkylation sites (tertiary alicyclic amines) is 1. The molecule has 1 heterocycles. The number of carbonyl (C=O) groups is 2. The summed E-state index contributed by atoms with van der Waals surface area (Å²) in [4.78, 5) is 27.6. The van der Waals surface area contributed by atoms with Crippen molar-refractivity contribution in [3.63, 3.8) is 0 Å². The minimum atomic E-state index is -0.855. The number of hydrogen-bond donors (Lipinski definition) is 1. The fourth-order valence-electron chi connectivity index (χ4n) is 3.83. The van der Waals surface area contributed by atoms with Gasteiger partial charge in [-0.3, -0.25) is 9.59 Å². The Balaban J connectivity index is 2.22. The van der Waals surface area contributed by atoms with Crippen molar-refractivity contribution in [3.8, 4) is 17.2 Å². The first-order valence-corrected chi connectivity index (χ1v) is 11.2. The third kappa shape index (κ3) is 4.98. The third-order valence-corrected chi connectivity index (χ3v) is 5.75. The van der Waals surface area contributed by atoms with Gasteiger partial charge in [-0.15, -0.1) is 0 Å². The van der Waals surface area contributed by atoms with Gasteiger partial charge in [-0.25, -0.2) is 0 Å². The van der Waals surface area contributed by atoms with Gasteiger partial charge in [0.2, 0.25) is 0 Å². The summed E-state index contributed by atoms with van der Waals surface area (Å²) in [5.41, 5.74) is 0.721. The minimum absolute atomic E-state index is 0.0728. The molecule has 2 aromatic rings. The summed E-state index contributed by atoms with van der Waals surface area (Å²) < 4.78 is 21.5. The number of benzene rings is 2. The summed E-state index contributed by atoms with van der Waals surface area (Å²) in [7, 11) is 4.36. The van der Waals surface area contributed by atoms with Gasteiger partial charge in [0.05, 0.1) is 49.6 Å².